The van der Waals surface area contributed by atoms with Crippen molar-refractivity contribution in [3.63, 3.8) is 0 Å². The van der Waals surface area contributed by atoms with E-state index in [-0.39, 0.29) is 17.9 Å². The van der Waals surface area contributed by atoms with E-state index < -0.39 is 0 Å². The molecule has 2 aliphatic rings. The van der Waals surface area contributed by atoms with E-state index in [1.54, 1.807) is 12.1 Å². The van der Waals surface area contributed by atoms with Gasteiger partial charge in [0, 0.05) is 18.8 Å². The fourth-order valence-corrected chi connectivity index (χ4v) is 4.58. The number of halogens is 1. The van der Waals surface area contributed by atoms with E-state index in [0.29, 0.717) is 23.6 Å². The standard InChI is InChI=1S/C27H28FN3O2/c28-21-10-14-23(15-11-21)33-22-12-8-20(9-13-22)26-29-25-7-3-2-6-24(25)27(32)31(26)19-18-30-16-4-1-5-17-30/h2-3,6-15,26,29H,1,4-5,16-19H2. The van der Waals surface area contributed by atoms with Gasteiger partial charge in [0.2, 0.25) is 0 Å². The van der Waals surface area contributed by atoms with Gasteiger partial charge in [-0.05, 0) is 80.0 Å². The maximum atomic E-state index is 13.4. The van der Waals surface area contributed by atoms with Crippen LogP contribution in [0.25, 0.3) is 0 Å². The van der Waals surface area contributed by atoms with Gasteiger partial charge in [-0.15, -0.1) is 0 Å². The predicted molar refractivity (Wildman–Crippen MR) is 127 cm³/mol. The van der Waals surface area contributed by atoms with E-state index in [0.717, 1.165) is 30.9 Å². The van der Waals surface area contributed by atoms with E-state index in [1.165, 1.54) is 31.4 Å². The summed E-state index contributed by atoms with van der Waals surface area (Å²) in [5.74, 6) is 0.994. The number of fused-ring (bicyclic) bond motifs is 1. The molecule has 0 bridgehead atoms. The fraction of sp³-hybridized carbons (Fsp3) is 0.296. The Hall–Kier alpha value is -3.38. The number of nitrogens with zero attached hydrogens (tertiary/aromatic N) is 2. The number of carbonyl (C=O) groups is 1. The van der Waals surface area contributed by atoms with Crippen molar-refractivity contribution in [3.05, 3.63) is 89.7 Å². The van der Waals surface area contributed by atoms with Gasteiger partial charge in [0.05, 0.1) is 5.56 Å². The van der Waals surface area contributed by atoms with Gasteiger partial charge in [0.1, 0.15) is 23.5 Å². The SMILES string of the molecule is O=C1c2ccccc2NC(c2ccc(Oc3ccc(F)cc3)cc2)N1CCN1CCCCC1. The highest BCUT2D eigenvalue weighted by Gasteiger charge is 2.33. The van der Waals surface area contributed by atoms with Crippen LogP contribution in [0.5, 0.6) is 11.5 Å². The van der Waals surface area contributed by atoms with Gasteiger partial charge in [-0.1, -0.05) is 30.7 Å². The molecule has 1 N–H and O–H groups in total. The van der Waals surface area contributed by atoms with Crippen molar-refractivity contribution in [1.29, 1.82) is 0 Å². The molecule has 1 unspecified atom stereocenters. The van der Waals surface area contributed by atoms with Crippen LogP contribution in [0.1, 0.15) is 41.3 Å². The van der Waals surface area contributed by atoms with Crippen molar-refractivity contribution in [3.8, 4) is 11.5 Å². The topological polar surface area (TPSA) is 44.8 Å². The molecule has 0 aliphatic carbocycles. The van der Waals surface area contributed by atoms with Crippen LogP contribution in [0.3, 0.4) is 0 Å². The summed E-state index contributed by atoms with van der Waals surface area (Å²) in [5, 5.41) is 3.56. The van der Waals surface area contributed by atoms with Crippen molar-refractivity contribution >= 4 is 11.6 Å². The molecule has 1 fully saturated rings. The minimum absolute atomic E-state index is 0.0537. The molecular weight excluding hydrogens is 417 g/mol. The number of nitrogens with one attached hydrogen (secondary N) is 1. The average molecular weight is 446 g/mol. The number of anilines is 1. The number of amides is 1. The Balaban J connectivity index is 1.36. The second-order valence-electron chi connectivity index (χ2n) is 8.62. The quantitative estimate of drug-likeness (QED) is 0.531. The lowest BCUT2D eigenvalue weighted by molar-refractivity contribution is 0.0650. The van der Waals surface area contributed by atoms with E-state index in [9.17, 15) is 9.18 Å². The molecule has 3 aromatic carbocycles. The van der Waals surface area contributed by atoms with Gasteiger partial charge in [0.15, 0.2) is 0 Å². The van der Waals surface area contributed by atoms with Gasteiger partial charge >= 0.3 is 0 Å². The molecule has 170 valence electrons. The van der Waals surface area contributed by atoms with Gasteiger partial charge in [-0.25, -0.2) is 4.39 Å². The van der Waals surface area contributed by atoms with Crippen LogP contribution in [-0.2, 0) is 0 Å². The fourth-order valence-electron chi connectivity index (χ4n) is 4.58. The number of hydrogen-bond acceptors (Lipinski definition) is 4. The number of carbonyl (C=O) groups excluding carboxylic acids is 1. The second-order valence-corrected chi connectivity index (χ2v) is 8.62. The largest absolute Gasteiger partial charge is 0.457 e. The van der Waals surface area contributed by atoms with E-state index in [4.69, 9.17) is 4.74 Å². The first kappa shape index (κ1) is 21.5. The Kier molecular flexibility index (Phi) is 6.26. The van der Waals surface area contributed by atoms with E-state index in [1.807, 2.05) is 53.4 Å². The third-order valence-electron chi connectivity index (χ3n) is 6.37. The van der Waals surface area contributed by atoms with Crippen LogP contribution in [0, 0.1) is 5.82 Å². The normalized spacial score (nSPS) is 18.5. The Labute approximate surface area is 193 Å². The van der Waals surface area contributed by atoms with Crippen LogP contribution < -0.4 is 10.1 Å². The first-order chi connectivity index (χ1) is 16.2. The zero-order valence-corrected chi connectivity index (χ0v) is 18.5. The lowest BCUT2D eigenvalue weighted by atomic mass is 10.0. The Morgan fingerprint density at radius 3 is 2.24 bits per heavy atom. The maximum Gasteiger partial charge on any atom is 0.257 e. The molecule has 3 aromatic rings. The highest BCUT2D eigenvalue weighted by Crippen LogP contribution is 2.34. The van der Waals surface area contributed by atoms with Gasteiger partial charge < -0.3 is 19.9 Å². The molecular formula is C27H28FN3O2. The second kappa shape index (κ2) is 9.63. The number of ether oxygens (including phenoxy) is 1. The zero-order chi connectivity index (χ0) is 22.6. The maximum absolute atomic E-state index is 13.4. The minimum Gasteiger partial charge on any atom is -0.457 e. The number of hydrogen-bond donors (Lipinski definition) is 1. The lowest BCUT2D eigenvalue weighted by Gasteiger charge is -2.39. The monoisotopic (exact) mass is 445 g/mol. The highest BCUT2D eigenvalue weighted by molar-refractivity contribution is 6.01. The first-order valence-electron chi connectivity index (χ1n) is 11.6. The van der Waals surface area contributed by atoms with Crippen molar-refractivity contribution in [1.82, 2.24) is 9.80 Å². The number of likely N-dealkylation sites (tertiary alicyclic amines) is 1. The molecule has 2 heterocycles. The number of para-hydroxylation sites is 1. The molecule has 6 heteroatoms. The van der Waals surface area contributed by atoms with Crippen molar-refractivity contribution < 1.29 is 13.9 Å². The van der Waals surface area contributed by atoms with Crippen LogP contribution in [0.4, 0.5) is 10.1 Å². The third kappa shape index (κ3) is 4.86. The molecule has 0 spiro atoms. The van der Waals surface area contributed by atoms with Crippen LogP contribution in [-0.4, -0.2) is 41.9 Å². The summed E-state index contributed by atoms with van der Waals surface area (Å²) in [6, 6.07) is 21.4. The third-order valence-corrected chi connectivity index (χ3v) is 6.37. The number of rotatable bonds is 6. The Morgan fingerprint density at radius 2 is 1.52 bits per heavy atom. The molecule has 5 rings (SSSR count). The lowest BCUT2D eigenvalue weighted by Crippen LogP contribution is -2.47. The first-order valence-corrected chi connectivity index (χ1v) is 11.6. The summed E-state index contributed by atoms with van der Waals surface area (Å²) in [6.07, 6.45) is 3.50. The molecule has 2 aliphatic heterocycles. The molecule has 0 radical (unpaired) electrons. The molecule has 0 saturated carbocycles. The molecule has 1 saturated heterocycles. The molecule has 0 aromatic heterocycles. The summed E-state index contributed by atoms with van der Waals surface area (Å²) < 4.78 is 19.0. The summed E-state index contributed by atoms with van der Waals surface area (Å²) in [6.45, 7) is 3.74. The van der Waals surface area contributed by atoms with Crippen molar-refractivity contribution in [2.75, 3.05) is 31.5 Å². The summed E-state index contributed by atoms with van der Waals surface area (Å²) in [4.78, 5) is 17.8. The zero-order valence-electron chi connectivity index (χ0n) is 18.5. The van der Waals surface area contributed by atoms with Crippen molar-refractivity contribution in [2.45, 2.75) is 25.4 Å². The summed E-state index contributed by atoms with van der Waals surface area (Å²) in [5.41, 5.74) is 2.56. The molecule has 1 atom stereocenters. The Morgan fingerprint density at radius 1 is 0.848 bits per heavy atom. The minimum atomic E-state index is -0.296. The predicted octanol–water partition coefficient (Wildman–Crippen LogP) is 5.67. The highest BCUT2D eigenvalue weighted by atomic mass is 19.1. The van der Waals surface area contributed by atoms with Crippen LogP contribution in [0.15, 0.2) is 72.8 Å². The summed E-state index contributed by atoms with van der Waals surface area (Å²) >= 11 is 0. The summed E-state index contributed by atoms with van der Waals surface area (Å²) in [7, 11) is 0. The van der Waals surface area contributed by atoms with Crippen LogP contribution >= 0.6 is 0 Å². The number of piperidine rings is 1. The van der Waals surface area contributed by atoms with Crippen molar-refractivity contribution in [2.24, 2.45) is 0 Å². The molecule has 33 heavy (non-hydrogen) atoms. The van der Waals surface area contributed by atoms with E-state index >= 15 is 0 Å². The Bertz CT molecular complexity index is 1100. The van der Waals surface area contributed by atoms with Crippen LogP contribution in [0.2, 0.25) is 0 Å². The average Bonchev–Trinajstić information content (AvgIpc) is 2.86. The van der Waals surface area contributed by atoms with Gasteiger partial charge in [0.25, 0.3) is 5.91 Å². The number of benzene rings is 3. The van der Waals surface area contributed by atoms with Gasteiger partial charge in [-0.2, -0.15) is 0 Å². The van der Waals surface area contributed by atoms with Gasteiger partial charge in [-0.3, -0.25) is 4.79 Å². The molecule has 5 nitrogen and oxygen atoms in total. The smallest absolute Gasteiger partial charge is 0.257 e. The van der Waals surface area contributed by atoms with E-state index in [2.05, 4.69) is 10.2 Å². The molecule has 1 amide bonds.